The number of rotatable bonds is 5. The lowest BCUT2D eigenvalue weighted by molar-refractivity contribution is 0.0943. The van der Waals surface area contributed by atoms with E-state index in [9.17, 15) is 8.42 Å². The van der Waals surface area contributed by atoms with Crippen molar-refractivity contribution in [1.82, 2.24) is 14.3 Å². The largest absolute Gasteiger partial charge is 0.369 e. The van der Waals surface area contributed by atoms with E-state index in [0.29, 0.717) is 31.0 Å². The molecule has 4 rings (SSSR count). The minimum atomic E-state index is -3.05. The zero-order chi connectivity index (χ0) is 19.8. The smallest absolute Gasteiger partial charge is 0.214 e. The average molecular weight is 408 g/mol. The highest BCUT2D eigenvalue weighted by Gasteiger charge is 2.41. The summed E-state index contributed by atoms with van der Waals surface area (Å²) in [5.74, 6) is 2.35. The molecule has 3 heterocycles. The van der Waals surface area contributed by atoms with Crippen molar-refractivity contribution in [3.05, 3.63) is 11.9 Å². The van der Waals surface area contributed by atoms with Crippen molar-refractivity contribution in [2.75, 3.05) is 42.7 Å². The van der Waals surface area contributed by atoms with Crippen LogP contribution in [0, 0.1) is 5.41 Å². The molecule has 0 radical (unpaired) electrons. The first-order chi connectivity index (χ1) is 13.4. The molecule has 0 atom stereocenters. The first-order valence-electron chi connectivity index (χ1n) is 10.7. The Labute approximate surface area is 169 Å². The maximum absolute atomic E-state index is 12.4. The van der Waals surface area contributed by atoms with E-state index in [2.05, 4.69) is 27.2 Å². The molecule has 8 heteroatoms. The zero-order valence-corrected chi connectivity index (χ0v) is 18.0. The number of fused-ring (bicyclic) bond motifs is 1. The van der Waals surface area contributed by atoms with Crippen LogP contribution in [0.4, 0.5) is 11.6 Å². The summed E-state index contributed by atoms with van der Waals surface area (Å²) in [5.41, 5.74) is 1.59. The van der Waals surface area contributed by atoms with Gasteiger partial charge in [0.2, 0.25) is 10.0 Å². The molecular weight excluding hydrogens is 374 g/mol. The predicted molar refractivity (Wildman–Crippen MR) is 112 cm³/mol. The minimum absolute atomic E-state index is 0.283. The van der Waals surface area contributed by atoms with Crippen LogP contribution in [0.25, 0.3) is 0 Å². The first kappa shape index (κ1) is 19.9. The molecule has 0 amide bonds. The molecule has 1 aromatic heterocycles. The summed E-state index contributed by atoms with van der Waals surface area (Å²) in [6.07, 6.45) is 10.1. The number of anilines is 2. The van der Waals surface area contributed by atoms with Crippen LogP contribution >= 0.6 is 0 Å². The number of nitrogens with zero attached hydrogens (tertiary/aromatic N) is 4. The highest BCUT2D eigenvalue weighted by Crippen LogP contribution is 2.46. The van der Waals surface area contributed by atoms with Gasteiger partial charge in [0.1, 0.15) is 18.0 Å². The Morgan fingerprint density at radius 1 is 1.21 bits per heavy atom. The third-order valence-corrected chi connectivity index (χ3v) is 9.20. The van der Waals surface area contributed by atoms with Gasteiger partial charge in [0, 0.05) is 38.3 Å². The molecule has 1 saturated heterocycles. The number of hydrogen-bond acceptors (Lipinski definition) is 6. The topological polar surface area (TPSA) is 78.4 Å². The van der Waals surface area contributed by atoms with Crippen LogP contribution in [-0.4, -0.2) is 61.2 Å². The van der Waals surface area contributed by atoms with Gasteiger partial charge in [-0.3, -0.25) is 0 Å². The predicted octanol–water partition coefficient (Wildman–Crippen LogP) is 2.65. The molecule has 1 spiro atoms. The number of sulfonamides is 1. The molecule has 3 aliphatic rings. The molecule has 2 aliphatic heterocycles. The molecule has 1 aliphatic carbocycles. The van der Waals surface area contributed by atoms with Crippen molar-refractivity contribution in [2.45, 2.75) is 64.3 Å². The number of hydrogen-bond donors (Lipinski definition) is 1. The minimum Gasteiger partial charge on any atom is -0.369 e. The lowest BCUT2D eigenvalue weighted by Crippen LogP contribution is -2.47. The van der Waals surface area contributed by atoms with Crippen molar-refractivity contribution in [2.24, 2.45) is 5.41 Å². The molecule has 1 saturated carbocycles. The summed E-state index contributed by atoms with van der Waals surface area (Å²) in [4.78, 5) is 11.3. The van der Waals surface area contributed by atoms with Crippen LogP contribution in [0.1, 0.15) is 57.4 Å². The standard InChI is InChI=1S/C20H33N5O2S/c1-3-14-28(26,27)25-12-9-20(10-13-25)7-4-16(5-8-20)24(2)19-17-6-11-21-18(17)22-15-23-19/h15-16H,3-14H2,1-2H3,(H,21,22,23). The molecule has 2 fully saturated rings. The fraction of sp³-hybridized carbons (Fsp3) is 0.800. The second-order valence-electron chi connectivity index (χ2n) is 8.76. The maximum Gasteiger partial charge on any atom is 0.214 e. The Kier molecular flexibility index (Phi) is 5.53. The third kappa shape index (κ3) is 3.73. The van der Waals surface area contributed by atoms with E-state index in [0.717, 1.165) is 50.3 Å². The van der Waals surface area contributed by atoms with Crippen molar-refractivity contribution in [3.63, 3.8) is 0 Å². The van der Waals surface area contributed by atoms with E-state index in [4.69, 9.17) is 0 Å². The molecular formula is C20H33N5O2S. The van der Waals surface area contributed by atoms with Gasteiger partial charge in [-0.25, -0.2) is 22.7 Å². The number of piperidine rings is 1. The SMILES string of the molecule is CCCS(=O)(=O)N1CCC2(CCC(N(C)c3ncnc4c3CCN4)CC2)CC1. The average Bonchev–Trinajstić information content (AvgIpc) is 3.17. The van der Waals surface area contributed by atoms with Gasteiger partial charge < -0.3 is 10.2 Å². The van der Waals surface area contributed by atoms with Gasteiger partial charge in [0.25, 0.3) is 0 Å². The molecule has 156 valence electrons. The molecule has 28 heavy (non-hydrogen) atoms. The van der Waals surface area contributed by atoms with E-state index in [1.54, 1.807) is 10.6 Å². The summed E-state index contributed by atoms with van der Waals surface area (Å²) in [6, 6.07) is 0.507. The quantitative estimate of drug-likeness (QED) is 0.808. The van der Waals surface area contributed by atoms with E-state index in [1.807, 2.05) is 6.92 Å². The van der Waals surface area contributed by atoms with Crippen molar-refractivity contribution in [1.29, 1.82) is 0 Å². The van der Waals surface area contributed by atoms with E-state index in [-0.39, 0.29) is 5.75 Å². The van der Waals surface area contributed by atoms with Gasteiger partial charge in [0.15, 0.2) is 0 Å². The molecule has 1 N–H and O–H groups in total. The Morgan fingerprint density at radius 2 is 1.93 bits per heavy atom. The van der Waals surface area contributed by atoms with Gasteiger partial charge in [-0.2, -0.15) is 0 Å². The van der Waals surface area contributed by atoms with Gasteiger partial charge in [-0.05, 0) is 56.8 Å². The fourth-order valence-corrected chi connectivity index (χ4v) is 6.81. The third-order valence-electron chi connectivity index (χ3n) is 7.13. The van der Waals surface area contributed by atoms with E-state index >= 15 is 0 Å². The lowest BCUT2D eigenvalue weighted by atomic mass is 9.67. The number of aromatic nitrogens is 2. The van der Waals surface area contributed by atoms with E-state index in [1.165, 1.54) is 18.4 Å². The van der Waals surface area contributed by atoms with Gasteiger partial charge in [-0.1, -0.05) is 6.92 Å². The Hall–Kier alpha value is -1.41. The normalized spacial score (nSPS) is 22.8. The van der Waals surface area contributed by atoms with Crippen LogP contribution in [0.5, 0.6) is 0 Å². The van der Waals surface area contributed by atoms with Gasteiger partial charge in [0.05, 0.1) is 5.75 Å². The molecule has 7 nitrogen and oxygen atoms in total. The van der Waals surface area contributed by atoms with Gasteiger partial charge in [-0.15, -0.1) is 0 Å². The summed E-state index contributed by atoms with van der Waals surface area (Å²) in [5, 5.41) is 3.34. The summed E-state index contributed by atoms with van der Waals surface area (Å²) >= 11 is 0. The summed E-state index contributed by atoms with van der Waals surface area (Å²) in [7, 11) is -0.880. The zero-order valence-electron chi connectivity index (χ0n) is 17.2. The van der Waals surface area contributed by atoms with Crippen LogP contribution < -0.4 is 10.2 Å². The lowest BCUT2D eigenvalue weighted by Gasteiger charge is -2.47. The van der Waals surface area contributed by atoms with Crippen LogP contribution in [0.15, 0.2) is 6.33 Å². The molecule has 0 aromatic carbocycles. The highest BCUT2D eigenvalue weighted by molar-refractivity contribution is 7.89. The first-order valence-corrected chi connectivity index (χ1v) is 12.3. The highest BCUT2D eigenvalue weighted by atomic mass is 32.2. The Balaban J connectivity index is 1.36. The molecule has 0 unspecified atom stereocenters. The summed E-state index contributed by atoms with van der Waals surface area (Å²) < 4.78 is 26.4. The second-order valence-corrected chi connectivity index (χ2v) is 10.8. The second kappa shape index (κ2) is 7.78. The van der Waals surface area contributed by atoms with Crippen LogP contribution in [0.2, 0.25) is 0 Å². The number of nitrogens with one attached hydrogen (secondary N) is 1. The summed E-state index contributed by atoms with van der Waals surface area (Å²) in [6.45, 7) is 4.28. The fourth-order valence-electron chi connectivity index (χ4n) is 5.30. The van der Waals surface area contributed by atoms with Crippen LogP contribution in [0.3, 0.4) is 0 Å². The van der Waals surface area contributed by atoms with E-state index < -0.39 is 10.0 Å². The maximum atomic E-state index is 12.4. The van der Waals surface area contributed by atoms with Crippen molar-refractivity contribution in [3.8, 4) is 0 Å². The monoisotopic (exact) mass is 407 g/mol. The van der Waals surface area contributed by atoms with Crippen molar-refractivity contribution >= 4 is 21.7 Å². The molecule has 0 bridgehead atoms. The van der Waals surface area contributed by atoms with Gasteiger partial charge >= 0.3 is 0 Å². The van der Waals surface area contributed by atoms with Crippen LogP contribution in [-0.2, 0) is 16.4 Å². The van der Waals surface area contributed by atoms with Crippen molar-refractivity contribution < 1.29 is 8.42 Å². The Bertz CT molecular complexity index is 795. The Morgan fingerprint density at radius 3 is 2.61 bits per heavy atom. The molecule has 1 aromatic rings.